The summed E-state index contributed by atoms with van der Waals surface area (Å²) in [4.78, 5) is 12.8. The number of tetrazole rings is 1. The van der Waals surface area contributed by atoms with E-state index < -0.39 is 0 Å². The zero-order chi connectivity index (χ0) is 19.0. The lowest BCUT2D eigenvalue weighted by Crippen LogP contribution is -2.32. The molecule has 1 atom stereocenters. The third-order valence-corrected chi connectivity index (χ3v) is 4.85. The largest absolute Gasteiger partial charge is 0.345 e. The molecule has 1 aliphatic carbocycles. The molecule has 140 valence electrons. The maximum absolute atomic E-state index is 12.8. The van der Waals surface area contributed by atoms with Gasteiger partial charge in [-0.25, -0.2) is 4.68 Å². The Balaban J connectivity index is 1.57. The van der Waals surface area contributed by atoms with Crippen molar-refractivity contribution in [2.75, 3.05) is 0 Å². The molecule has 2 heterocycles. The SMILES string of the molecule is CC(C)(C)n1ncc2c1CCCC2NC(=O)c1cccc(-n2cnnn2)c1. The molecule has 1 aromatic carbocycles. The molecule has 4 rings (SSSR count). The molecule has 1 N–H and O–H groups in total. The van der Waals surface area contributed by atoms with Gasteiger partial charge in [0.25, 0.3) is 5.91 Å². The highest BCUT2D eigenvalue weighted by molar-refractivity contribution is 5.95. The van der Waals surface area contributed by atoms with Gasteiger partial charge in [0.2, 0.25) is 0 Å². The van der Waals surface area contributed by atoms with Crippen molar-refractivity contribution in [2.45, 2.75) is 51.6 Å². The molecule has 1 amide bonds. The first-order chi connectivity index (χ1) is 12.9. The average Bonchev–Trinajstić information content (AvgIpc) is 3.31. The van der Waals surface area contributed by atoms with Gasteiger partial charge in [0.05, 0.1) is 23.5 Å². The third kappa shape index (κ3) is 3.34. The molecule has 0 saturated heterocycles. The van der Waals surface area contributed by atoms with E-state index in [1.807, 2.05) is 18.3 Å². The van der Waals surface area contributed by atoms with Gasteiger partial charge in [-0.15, -0.1) is 5.10 Å². The van der Waals surface area contributed by atoms with Crippen LogP contribution in [-0.2, 0) is 12.0 Å². The molecule has 0 fully saturated rings. The standard InChI is InChI=1S/C19H23N7O/c1-19(2,3)26-17-9-5-8-16(15(17)11-21-26)22-18(27)13-6-4-7-14(10-13)25-12-20-23-24-25/h4,6-7,10-12,16H,5,8-9H2,1-3H3,(H,22,27). The highest BCUT2D eigenvalue weighted by Crippen LogP contribution is 2.32. The van der Waals surface area contributed by atoms with E-state index in [9.17, 15) is 4.79 Å². The van der Waals surface area contributed by atoms with E-state index in [1.165, 1.54) is 16.7 Å². The smallest absolute Gasteiger partial charge is 0.251 e. The van der Waals surface area contributed by atoms with Crippen LogP contribution in [0.1, 0.15) is 61.3 Å². The average molecular weight is 365 g/mol. The van der Waals surface area contributed by atoms with Gasteiger partial charge < -0.3 is 5.32 Å². The van der Waals surface area contributed by atoms with E-state index in [2.05, 4.69) is 51.4 Å². The lowest BCUT2D eigenvalue weighted by molar-refractivity contribution is 0.0932. The summed E-state index contributed by atoms with van der Waals surface area (Å²) in [6.45, 7) is 6.44. The molecule has 27 heavy (non-hydrogen) atoms. The number of amides is 1. The molecule has 8 heteroatoms. The first kappa shape index (κ1) is 17.4. The normalized spacial score (nSPS) is 16.8. The van der Waals surface area contributed by atoms with E-state index in [-0.39, 0.29) is 17.5 Å². The van der Waals surface area contributed by atoms with Gasteiger partial charge in [-0.05, 0) is 68.7 Å². The lowest BCUT2D eigenvalue weighted by Gasteiger charge is -2.28. The molecule has 0 bridgehead atoms. The Morgan fingerprint density at radius 3 is 2.89 bits per heavy atom. The predicted molar refractivity (Wildman–Crippen MR) is 99.5 cm³/mol. The molecular formula is C19H23N7O. The summed E-state index contributed by atoms with van der Waals surface area (Å²) in [5.41, 5.74) is 3.61. The van der Waals surface area contributed by atoms with Crippen LogP contribution in [0.25, 0.3) is 5.69 Å². The number of nitrogens with zero attached hydrogens (tertiary/aromatic N) is 6. The van der Waals surface area contributed by atoms with E-state index in [1.54, 1.807) is 12.1 Å². The molecule has 0 aliphatic heterocycles. The van der Waals surface area contributed by atoms with Crippen LogP contribution in [0.15, 0.2) is 36.8 Å². The van der Waals surface area contributed by atoms with Crippen molar-refractivity contribution in [3.63, 3.8) is 0 Å². The number of carbonyl (C=O) groups is 1. The monoisotopic (exact) mass is 365 g/mol. The van der Waals surface area contributed by atoms with Crippen molar-refractivity contribution in [3.8, 4) is 5.69 Å². The molecular weight excluding hydrogens is 342 g/mol. The molecule has 3 aromatic rings. The zero-order valence-corrected chi connectivity index (χ0v) is 15.8. The molecule has 1 unspecified atom stereocenters. The minimum absolute atomic E-state index is 0.0194. The molecule has 0 radical (unpaired) electrons. The highest BCUT2D eigenvalue weighted by atomic mass is 16.1. The Kier molecular flexibility index (Phi) is 4.25. The summed E-state index contributed by atoms with van der Waals surface area (Å²) in [6.07, 6.45) is 6.35. The van der Waals surface area contributed by atoms with Crippen LogP contribution in [0, 0.1) is 0 Å². The van der Waals surface area contributed by atoms with Crippen LogP contribution in [-0.4, -0.2) is 35.9 Å². The van der Waals surface area contributed by atoms with Gasteiger partial charge in [0.15, 0.2) is 0 Å². The fraction of sp³-hybridized carbons (Fsp3) is 0.421. The van der Waals surface area contributed by atoms with Crippen molar-refractivity contribution >= 4 is 5.91 Å². The van der Waals surface area contributed by atoms with Gasteiger partial charge in [0, 0.05) is 16.8 Å². The summed E-state index contributed by atoms with van der Waals surface area (Å²) < 4.78 is 3.61. The van der Waals surface area contributed by atoms with Crippen LogP contribution in [0.3, 0.4) is 0 Å². The van der Waals surface area contributed by atoms with Crippen LogP contribution < -0.4 is 5.32 Å². The number of nitrogens with one attached hydrogen (secondary N) is 1. The second kappa shape index (κ2) is 6.61. The Hall–Kier alpha value is -3.03. The van der Waals surface area contributed by atoms with Gasteiger partial charge in [-0.3, -0.25) is 9.48 Å². The predicted octanol–water partition coefficient (Wildman–Crippen LogP) is 2.42. The van der Waals surface area contributed by atoms with Gasteiger partial charge in [-0.1, -0.05) is 6.07 Å². The van der Waals surface area contributed by atoms with Gasteiger partial charge in [0.1, 0.15) is 6.33 Å². The van der Waals surface area contributed by atoms with E-state index in [4.69, 9.17) is 0 Å². The highest BCUT2D eigenvalue weighted by Gasteiger charge is 2.29. The molecule has 0 saturated carbocycles. The summed E-state index contributed by atoms with van der Waals surface area (Å²) in [7, 11) is 0. The first-order valence-electron chi connectivity index (χ1n) is 9.15. The Morgan fingerprint density at radius 2 is 2.15 bits per heavy atom. The molecule has 0 spiro atoms. The van der Waals surface area contributed by atoms with Crippen molar-refractivity contribution < 1.29 is 4.79 Å². The van der Waals surface area contributed by atoms with E-state index >= 15 is 0 Å². The van der Waals surface area contributed by atoms with Gasteiger partial charge in [-0.2, -0.15) is 5.10 Å². The Bertz CT molecular complexity index is 953. The zero-order valence-electron chi connectivity index (χ0n) is 15.8. The minimum atomic E-state index is -0.105. The molecule has 8 nitrogen and oxygen atoms in total. The first-order valence-corrected chi connectivity index (χ1v) is 9.15. The number of benzene rings is 1. The topological polar surface area (TPSA) is 90.5 Å². The molecule has 1 aliphatic rings. The van der Waals surface area contributed by atoms with Crippen molar-refractivity contribution in [1.82, 2.24) is 35.3 Å². The summed E-state index contributed by atoms with van der Waals surface area (Å²) in [5.74, 6) is -0.105. The van der Waals surface area contributed by atoms with Crippen LogP contribution in [0.5, 0.6) is 0 Å². The number of carbonyl (C=O) groups excluding carboxylic acids is 1. The fourth-order valence-corrected chi connectivity index (χ4v) is 3.60. The number of hydrogen-bond donors (Lipinski definition) is 1. The lowest BCUT2D eigenvalue weighted by atomic mass is 9.92. The third-order valence-electron chi connectivity index (χ3n) is 4.85. The van der Waals surface area contributed by atoms with Crippen LogP contribution >= 0.6 is 0 Å². The number of hydrogen-bond acceptors (Lipinski definition) is 5. The Labute approximate surface area is 157 Å². The second-order valence-corrected chi connectivity index (χ2v) is 7.85. The number of aromatic nitrogens is 6. The summed E-state index contributed by atoms with van der Waals surface area (Å²) in [5, 5.41) is 18.9. The number of fused-ring (bicyclic) bond motifs is 1. The van der Waals surface area contributed by atoms with Crippen molar-refractivity contribution in [1.29, 1.82) is 0 Å². The van der Waals surface area contributed by atoms with Gasteiger partial charge >= 0.3 is 0 Å². The quantitative estimate of drug-likeness (QED) is 0.770. The molecule has 2 aromatic heterocycles. The second-order valence-electron chi connectivity index (χ2n) is 7.85. The maximum Gasteiger partial charge on any atom is 0.251 e. The van der Waals surface area contributed by atoms with Crippen molar-refractivity contribution in [2.24, 2.45) is 0 Å². The van der Waals surface area contributed by atoms with Crippen LogP contribution in [0.2, 0.25) is 0 Å². The van der Waals surface area contributed by atoms with E-state index in [0.717, 1.165) is 30.5 Å². The van der Waals surface area contributed by atoms with Crippen LogP contribution in [0.4, 0.5) is 0 Å². The maximum atomic E-state index is 12.8. The summed E-state index contributed by atoms with van der Waals surface area (Å²) >= 11 is 0. The van der Waals surface area contributed by atoms with E-state index in [0.29, 0.717) is 5.56 Å². The summed E-state index contributed by atoms with van der Waals surface area (Å²) in [6, 6.07) is 7.25. The minimum Gasteiger partial charge on any atom is -0.345 e. The fourth-order valence-electron chi connectivity index (χ4n) is 3.60. The number of rotatable bonds is 3. The Morgan fingerprint density at radius 1 is 1.30 bits per heavy atom. The van der Waals surface area contributed by atoms with Crippen molar-refractivity contribution in [3.05, 3.63) is 53.6 Å².